The largest absolute Gasteiger partial charge is 0.484 e. The van der Waals surface area contributed by atoms with Crippen molar-refractivity contribution in [1.29, 1.82) is 0 Å². The van der Waals surface area contributed by atoms with Crippen LogP contribution in [0.4, 0.5) is 5.82 Å². The molecular weight excluding hydrogens is 428 g/mol. The fourth-order valence-corrected chi connectivity index (χ4v) is 4.98. The first kappa shape index (κ1) is 24.0. The number of aromatic nitrogens is 1. The van der Waals surface area contributed by atoms with Crippen molar-refractivity contribution in [1.82, 2.24) is 14.6 Å². The van der Waals surface area contributed by atoms with Crippen LogP contribution in [0.2, 0.25) is 0 Å². The van der Waals surface area contributed by atoms with Gasteiger partial charge in [-0.3, -0.25) is 4.79 Å². The van der Waals surface area contributed by atoms with Crippen molar-refractivity contribution < 1.29 is 17.9 Å². The predicted octanol–water partition coefficient (Wildman–Crippen LogP) is 2.24. The van der Waals surface area contributed by atoms with E-state index in [-0.39, 0.29) is 18.3 Å². The summed E-state index contributed by atoms with van der Waals surface area (Å²) in [4.78, 5) is 18.4. The fourth-order valence-electron chi connectivity index (χ4n) is 3.50. The summed E-state index contributed by atoms with van der Waals surface area (Å²) in [5.74, 6) is 1.68. The predicted molar refractivity (Wildman–Crippen MR) is 125 cm³/mol. The molecule has 0 saturated carbocycles. The molecule has 0 radical (unpaired) electrons. The Bertz CT molecular complexity index is 957. The normalized spacial score (nSPS) is 15.0. The maximum atomic E-state index is 12.6. The number of rotatable bonds is 10. The summed E-state index contributed by atoms with van der Waals surface area (Å²) in [7, 11) is -3.35. The third kappa shape index (κ3) is 6.93. The molecule has 32 heavy (non-hydrogen) atoms. The smallest absolute Gasteiger partial charge is 0.257 e. The van der Waals surface area contributed by atoms with Gasteiger partial charge >= 0.3 is 0 Å². The zero-order valence-corrected chi connectivity index (χ0v) is 19.6. The van der Waals surface area contributed by atoms with E-state index in [1.807, 2.05) is 42.5 Å². The summed E-state index contributed by atoms with van der Waals surface area (Å²) in [5.41, 5.74) is 1.21. The number of nitrogens with zero attached hydrogens (tertiary/aromatic N) is 3. The number of anilines is 1. The van der Waals surface area contributed by atoms with Crippen LogP contribution < -0.4 is 15.0 Å². The van der Waals surface area contributed by atoms with Crippen molar-refractivity contribution in [3.05, 3.63) is 54.2 Å². The van der Waals surface area contributed by atoms with Gasteiger partial charge in [0, 0.05) is 38.9 Å². The molecule has 1 amide bonds. The molecule has 1 fully saturated rings. The number of benzene rings is 1. The van der Waals surface area contributed by atoms with Crippen LogP contribution in [0.15, 0.2) is 48.7 Å². The molecule has 8 nitrogen and oxygen atoms in total. The Kier molecular flexibility index (Phi) is 8.46. The van der Waals surface area contributed by atoms with Gasteiger partial charge in [-0.05, 0) is 42.2 Å². The van der Waals surface area contributed by atoms with Crippen molar-refractivity contribution in [3.8, 4) is 5.75 Å². The highest BCUT2D eigenvalue weighted by molar-refractivity contribution is 7.89. The van der Waals surface area contributed by atoms with Gasteiger partial charge in [0.25, 0.3) is 5.91 Å². The molecule has 0 unspecified atom stereocenters. The highest BCUT2D eigenvalue weighted by Gasteiger charge is 2.26. The van der Waals surface area contributed by atoms with Crippen LogP contribution in [0.5, 0.6) is 5.75 Å². The standard InChI is InChI=1S/C23H32N4O4S/c1-19(2)20-7-9-21(10-8-20)31-18-23(28)25-12-5-17-32(29,30)27-15-13-26(14-16-27)22-6-3-4-11-24-22/h3-4,6-11,19H,5,12-18H2,1-2H3,(H,25,28). The molecule has 1 saturated heterocycles. The Morgan fingerprint density at radius 1 is 1.09 bits per heavy atom. The Balaban J connectivity index is 1.33. The number of carbonyl (C=O) groups excluding carboxylic acids is 1. The number of carbonyl (C=O) groups is 1. The molecule has 0 atom stereocenters. The molecule has 0 aliphatic carbocycles. The molecule has 2 heterocycles. The Morgan fingerprint density at radius 2 is 1.81 bits per heavy atom. The quantitative estimate of drug-likeness (QED) is 0.547. The monoisotopic (exact) mass is 460 g/mol. The average Bonchev–Trinajstić information content (AvgIpc) is 2.81. The lowest BCUT2D eigenvalue weighted by Gasteiger charge is -2.34. The first-order valence-electron chi connectivity index (χ1n) is 11.0. The van der Waals surface area contributed by atoms with E-state index in [1.54, 1.807) is 6.20 Å². The Labute approximate surface area is 190 Å². The summed E-state index contributed by atoms with van der Waals surface area (Å²) >= 11 is 0. The molecule has 3 rings (SSSR count). The lowest BCUT2D eigenvalue weighted by molar-refractivity contribution is -0.123. The molecule has 0 spiro atoms. The van der Waals surface area contributed by atoms with Gasteiger partial charge in [-0.2, -0.15) is 4.31 Å². The van der Waals surface area contributed by atoms with Crippen LogP contribution >= 0.6 is 0 Å². The molecule has 9 heteroatoms. The second-order valence-corrected chi connectivity index (χ2v) is 10.2. The van der Waals surface area contributed by atoms with Crippen molar-refractivity contribution in [3.63, 3.8) is 0 Å². The van der Waals surface area contributed by atoms with E-state index in [9.17, 15) is 13.2 Å². The summed E-state index contributed by atoms with van der Waals surface area (Å²) in [6.45, 7) is 6.54. The van der Waals surface area contributed by atoms with E-state index in [0.29, 0.717) is 50.8 Å². The highest BCUT2D eigenvalue weighted by atomic mass is 32.2. The number of hydrogen-bond acceptors (Lipinski definition) is 6. The Hall–Kier alpha value is -2.65. The first-order chi connectivity index (χ1) is 15.3. The highest BCUT2D eigenvalue weighted by Crippen LogP contribution is 2.18. The number of sulfonamides is 1. The molecule has 1 aliphatic heterocycles. The zero-order chi connectivity index (χ0) is 23.0. The third-order valence-corrected chi connectivity index (χ3v) is 7.38. The SMILES string of the molecule is CC(C)c1ccc(OCC(=O)NCCCS(=O)(=O)N2CCN(c3ccccn3)CC2)cc1. The van der Waals surface area contributed by atoms with Crippen molar-refractivity contribution >= 4 is 21.7 Å². The van der Waals surface area contributed by atoms with Gasteiger partial charge in [0.1, 0.15) is 11.6 Å². The van der Waals surface area contributed by atoms with E-state index in [0.717, 1.165) is 5.82 Å². The van der Waals surface area contributed by atoms with Gasteiger partial charge in [-0.15, -0.1) is 0 Å². The van der Waals surface area contributed by atoms with Crippen LogP contribution in [-0.4, -0.2) is 68.7 Å². The minimum Gasteiger partial charge on any atom is -0.484 e. The van der Waals surface area contributed by atoms with Gasteiger partial charge < -0.3 is 15.0 Å². The van der Waals surface area contributed by atoms with E-state index in [1.165, 1.54) is 9.87 Å². The summed E-state index contributed by atoms with van der Waals surface area (Å²) in [5, 5.41) is 2.72. The van der Waals surface area contributed by atoms with Crippen LogP contribution in [0.1, 0.15) is 31.7 Å². The maximum absolute atomic E-state index is 12.6. The zero-order valence-electron chi connectivity index (χ0n) is 18.7. The molecule has 1 aromatic carbocycles. The van der Waals surface area contributed by atoms with E-state index < -0.39 is 10.0 Å². The minimum absolute atomic E-state index is 0.00832. The van der Waals surface area contributed by atoms with Crippen molar-refractivity contribution in [2.45, 2.75) is 26.2 Å². The summed E-state index contributed by atoms with van der Waals surface area (Å²) < 4.78 is 32.2. The third-order valence-electron chi connectivity index (χ3n) is 5.42. The van der Waals surface area contributed by atoms with Crippen molar-refractivity contribution in [2.75, 3.05) is 50.0 Å². The minimum atomic E-state index is -3.35. The van der Waals surface area contributed by atoms with E-state index >= 15 is 0 Å². The Morgan fingerprint density at radius 3 is 2.44 bits per heavy atom. The second-order valence-electron chi connectivity index (χ2n) is 8.11. The maximum Gasteiger partial charge on any atom is 0.257 e. The fraction of sp³-hybridized carbons (Fsp3) is 0.478. The molecule has 1 aromatic heterocycles. The van der Waals surface area contributed by atoms with E-state index in [4.69, 9.17) is 4.74 Å². The molecule has 1 N–H and O–H groups in total. The van der Waals surface area contributed by atoms with Gasteiger partial charge in [0.2, 0.25) is 10.0 Å². The number of nitrogens with one attached hydrogen (secondary N) is 1. The summed E-state index contributed by atoms with van der Waals surface area (Å²) in [6, 6.07) is 13.4. The van der Waals surface area contributed by atoms with Crippen LogP contribution in [-0.2, 0) is 14.8 Å². The molecule has 0 bridgehead atoms. The molecule has 2 aromatic rings. The van der Waals surface area contributed by atoms with Crippen molar-refractivity contribution in [2.24, 2.45) is 0 Å². The number of piperazine rings is 1. The van der Waals surface area contributed by atoms with Gasteiger partial charge in [-0.25, -0.2) is 13.4 Å². The number of pyridine rings is 1. The summed E-state index contributed by atoms with van der Waals surface area (Å²) in [6.07, 6.45) is 2.10. The first-order valence-corrected chi connectivity index (χ1v) is 12.6. The number of hydrogen-bond donors (Lipinski definition) is 1. The van der Waals surface area contributed by atoms with Crippen LogP contribution in [0.25, 0.3) is 0 Å². The van der Waals surface area contributed by atoms with Gasteiger partial charge in [0.05, 0.1) is 5.75 Å². The van der Waals surface area contributed by atoms with Gasteiger partial charge in [-0.1, -0.05) is 32.0 Å². The topological polar surface area (TPSA) is 91.8 Å². The molecular formula is C23H32N4O4S. The van der Waals surface area contributed by atoms with Crippen LogP contribution in [0.3, 0.4) is 0 Å². The average molecular weight is 461 g/mol. The number of ether oxygens (including phenoxy) is 1. The van der Waals surface area contributed by atoms with E-state index in [2.05, 4.69) is 29.0 Å². The second kappa shape index (κ2) is 11.3. The molecule has 1 aliphatic rings. The van der Waals surface area contributed by atoms with Crippen LogP contribution in [0, 0.1) is 0 Å². The lowest BCUT2D eigenvalue weighted by atomic mass is 10.0. The lowest BCUT2D eigenvalue weighted by Crippen LogP contribution is -2.49. The van der Waals surface area contributed by atoms with Gasteiger partial charge in [0.15, 0.2) is 6.61 Å². The number of amides is 1. The molecule has 174 valence electrons.